The molecule has 0 unspecified atom stereocenters. The zero-order chi connectivity index (χ0) is 14.4. The number of carboxylic acid groups (broad SMARTS) is 1. The van der Waals surface area contributed by atoms with Gasteiger partial charge in [0.15, 0.2) is 6.10 Å². The molecule has 0 aromatic heterocycles. The van der Waals surface area contributed by atoms with Gasteiger partial charge in [0.2, 0.25) is 0 Å². The lowest BCUT2D eigenvalue weighted by Gasteiger charge is -2.09. The highest BCUT2D eigenvalue weighted by Gasteiger charge is 2.15. The first-order chi connectivity index (χ1) is 8.95. The maximum atomic E-state index is 11.9. The summed E-state index contributed by atoms with van der Waals surface area (Å²) in [5, 5.41) is 20.1. The van der Waals surface area contributed by atoms with Crippen molar-refractivity contribution >= 4 is 27.8 Å². The van der Waals surface area contributed by atoms with Crippen LogP contribution in [0.3, 0.4) is 0 Å². The zero-order valence-corrected chi connectivity index (χ0v) is 11.8. The second-order valence-corrected chi connectivity index (χ2v) is 4.60. The van der Waals surface area contributed by atoms with E-state index in [4.69, 9.17) is 14.9 Å². The van der Waals surface area contributed by atoms with E-state index in [2.05, 4.69) is 21.2 Å². The molecule has 0 aliphatic heterocycles. The van der Waals surface area contributed by atoms with E-state index in [9.17, 15) is 9.59 Å². The van der Waals surface area contributed by atoms with Gasteiger partial charge in [0.1, 0.15) is 5.75 Å². The first-order valence-electron chi connectivity index (χ1n) is 5.48. The molecule has 19 heavy (non-hydrogen) atoms. The van der Waals surface area contributed by atoms with Gasteiger partial charge in [-0.25, -0.2) is 4.79 Å². The molecule has 0 fully saturated rings. The van der Waals surface area contributed by atoms with E-state index in [0.717, 1.165) is 0 Å². The van der Waals surface area contributed by atoms with Crippen LogP contribution < -0.4 is 10.1 Å². The van der Waals surface area contributed by atoms with E-state index < -0.39 is 12.1 Å². The Morgan fingerprint density at radius 2 is 2.16 bits per heavy atom. The van der Waals surface area contributed by atoms with Crippen LogP contribution in [0.1, 0.15) is 16.8 Å². The summed E-state index contributed by atoms with van der Waals surface area (Å²) in [6.07, 6.45) is -1.53. The summed E-state index contributed by atoms with van der Waals surface area (Å²) in [6, 6.07) is 4.95. The summed E-state index contributed by atoms with van der Waals surface area (Å²) in [5.74, 6) is -1.14. The van der Waals surface area contributed by atoms with E-state index in [-0.39, 0.29) is 18.9 Å². The highest BCUT2D eigenvalue weighted by atomic mass is 79.9. The van der Waals surface area contributed by atoms with E-state index in [1.54, 1.807) is 18.2 Å². The number of carbonyl (C=O) groups excluding carboxylic acids is 1. The van der Waals surface area contributed by atoms with Crippen molar-refractivity contribution in [2.45, 2.75) is 12.5 Å². The Morgan fingerprint density at radius 1 is 1.47 bits per heavy atom. The molecule has 0 bridgehead atoms. The van der Waals surface area contributed by atoms with Crippen molar-refractivity contribution in [3.63, 3.8) is 0 Å². The van der Waals surface area contributed by atoms with Crippen LogP contribution in [0.4, 0.5) is 0 Å². The van der Waals surface area contributed by atoms with Gasteiger partial charge in [-0.2, -0.15) is 0 Å². The summed E-state index contributed by atoms with van der Waals surface area (Å²) in [6.45, 7) is 0.0654. The number of benzene rings is 1. The van der Waals surface area contributed by atoms with Gasteiger partial charge in [-0.05, 0) is 34.1 Å². The molecule has 1 aromatic rings. The van der Waals surface area contributed by atoms with Gasteiger partial charge in [-0.15, -0.1) is 0 Å². The van der Waals surface area contributed by atoms with Crippen LogP contribution in [0.5, 0.6) is 5.75 Å². The summed E-state index contributed by atoms with van der Waals surface area (Å²) in [5.41, 5.74) is 0.379. The SMILES string of the molecule is COc1ccc(Br)c(C(=O)NCC[C@H](O)C(=O)O)c1. The Kier molecular flexibility index (Phi) is 5.78. The molecule has 7 heteroatoms. The van der Waals surface area contributed by atoms with E-state index >= 15 is 0 Å². The van der Waals surface area contributed by atoms with Gasteiger partial charge in [0, 0.05) is 17.4 Å². The lowest BCUT2D eigenvalue weighted by molar-refractivity contribution is -0.146. The Morgan fingerprint density at radius 3 is 2.74 bits per heavy atom. The Bertz CT molecular complexity index is 477. The number of ether oxygens (including phenoxy) is 1. The second-order valence-electron chi connectivity index (χ2n) is 3.74. The fraction of sp³-hybridized carbons (Fsp3) is 0.333. The normalized spacial score (nSPS) is 11.7. The van der Waals surface area contributed by atoms with Crippen LogP contribution in [-0.4, -0.2) is 41.8 Å². The Balaban J connectivity index is 2.61. The maximum Gasteiger partial charge on any atom is 0.332 e. The minimum atomic E-state index is -1.48. The van der Waals surface area contributed by atoms with E-state index in [0.29, 0.717) is 15.8 Å². The van der Waals surface area contributed by atoms with Gasteiger partial charge >= 0.3 is 5.97 Å². The third-order valence-electron chi connectivity index (χ3n) is 2.41. The average Bonchev–Trinajstić information content (AvgIpc) is 2.38. The molecular formula is C12H14BrNO5. The molecule has 6 nitrogen and oxygen atoms in total. The van der Waals surface area contributed by atoms with Crippen molar-refractivity contribution in [1.29, 1.82) is 0 Å². The highest BCUT2D eigenvalue weighted by molar-refractivity contribution is 9.10. The molecule has 104 valence electrons. The first-order valence-corrected chi connectivity index (χ1v) is 6.27. The van der Waals surface area contributed by atoms with Gasteiger partial charge in [-0.3, -0.25) is 4.79 Å². The van der Waals surface area contributed by atoms with Crippen molar-refractivity contribution in [2.24, 2.45) is 0 Å². The number of aliphatic hydroxyl groups is 1. The molecule has 0 saturated carbocycles. The molecule has 3 N–H and O–H groups in total. The summed E-state index contributed by atoms with van der Waals surface area (Å²) in [7, 11) is 1.49. The van der Waals surface area contributed by atoms with Crippen LogP contribution >= 0.6 is 15.9 Å². The molecule has 0 heterocycles. The number of aliphatic hydroxyl groups excluding tert-OH is 1. The van der Waals surface area contributed by atoms with Crippen molar-refractivity contribution in [3.8, 4) is 5.75 Å². The minimum Gasteiger partial charge on any atom is -0.497 e. The number of nitrogens with one attached hydrogen (secondary N) is 1. The van der Waals surface area contributed by atoms with Crippen LogP contribution in [0.2, 0.25) is 0 Å². The first kappa shape index (κ1) is 15.5. The number of carboxylic acids is 1. The van der Waals surface area contributed by atoms with Crippen molar-refractivity contribution in [1.82, 2.24) is 5.32 Å². The lowest BCUT2D eigenvalue weighted by Crippen LogP contribution is -2.30. The van der Waals surface area contributed by atoms with Gasteiger partial charge in [0.25, 0.3) is 5.91 Å². The Labute approximate surface area is 118 Å². The fourth-order valence-corrected chi connectivity index (χ4v) is 1.77. The lowest BCUT2D eigenvalue weighted by atomic mass is 10.2. The molecule has 0 radical (unpaired) electrons. The fourth-order valence-electron chi connectivity index (χ4n) is 1.35. The van der Waals surface area contributed by atoms with E-state index in [1.165, 1.54) is 7.11 Å². The van der Waals surface area contributed by atoms with Gasteiger partial charge in [0.05, 0.1) is 12.7 Å². The number of aliphatic carboxylic acids is 1. The number of methoxy groups -OCH3 is 1. The summed E-state index contributed by atoms with van der Waals surface area (Å²) >= 11 is 3.24. The predicted molar refractivity (Wildman–Crippen MR) is 71.3 cm³/mol. The smallest absolute Gasteiger partial charge is 0.332 e. The van der Waals surface area contributed by atoms with Crippen molar-refractivity contribution < 1.29 is 24.5 Å². The van der Waals surface area contributed by atoms with Crippen LogP contribution in [-0.2, 0) is 4.79 Å². The topological polar surface area (TPSA) is 95.9 Å². The summed E-state index contributed by atoms with van der Waals surface area (Å²) in [4.78, 5) is 22.3. The largest absolute Gasteiger partial charge is 0.497 e. The van der Waals surface area contributed by atoms with Gasteiger partial charge in [-0.1, -0.05) is 0 Å². The molecule has 0 saturated heterocycles. The monoisotopic (exact) mass is 331 g/mol. The number of hydrogen-bond donors (Lipinski definition) is 3. The van der Waals surface area contributed by atoms with Crippen molar-refractivity contribution in [3.05, 3.63) is 28.2 Å². The standard InChI is InChI=1S/C12H14BrNO5/c1-19-7-2-3-9(13)8(6-7)11(16)14-5-4-10(15)12(17)18/h2-3,6,10,15H,4-5H2,1H3,(H,14,16)(H,17,18)/t10-/m0/s1. The van der Waals surface area contributed by atoms with Gasteiger partial charge < -0.3 is 20.3 Å². The second kappa shape index (κ2) is 7.10. The number of halogens is 1. The predicted octanol–water partition coefficient (Wildman–Crippen LogP) is 1.02. The van der Waals surface area contributed by atoms with Crippen molar-refractivity contribution in [2.75, 3.05) is 13.7 Å². The molecule has 0 aliphatic rings. The number of amides is 1. The highest BCUT2D eigenvalue weighted by Crippen LogP contribution is 2.22. The van der Waals surface area contributed by atoms with E-state index in [1.807, 2.05) is 0 Å². The third kappa shape index (κ3) is 4.53. The molecule has 1 aromatic carbocycles. The molecule has 0 aliphatic carbocycles. The third-order valence-corrected chi connectivity index (χ3v) is 3.10. The number of hydrogen-bond acceptors (Lipinski definition) is 4. The molecule has 1 amide bonds. The van der Waals surface area contributed by atoms with Crippen LogP contribution in [0, 0.1) is 0 Å². The quantitative estimate of drug-likeness (QED) is 0.723. The molecule has 1 atom stereocenters. The minimum absolute atomic E-state index is 0.0529. The maximum absolute atomic E-state index is 11.9. The van der Waals surface area contributed by atoms with Crippen LogP contribution in [0.15, 0.2) is 22.7 Å². The number of rotatable bonds is 6. The molecular weight excluding hydrogens is 318 g/mol. The molecule has 0 spiro atoms. The Hall–Kier alpha value is -1.60. The average molecular weight is 332 g/mol. The zero-order valence-electron chi connectivity index (χ0n) is 10.2. The van der Waals surface area contributed by atoms with Crippen LogP contribution in [0.25, 0.3) is 0 Å². The molecule has 1 rings (SSSR count). The number of carbonyl (C=O) groups is 2. The summed E-state index contributed by atoms with van der Waals surface area (Å²) < 4.78 is 5.62.